The van der Waals surface area contributed by atoms with E-state index in [2.05, 4.69) is 180 Å². The van der Waals surface area contributed by atoms with E-state index in [0.29, 0.717) is 6.17 Å². The van der Waals surface area contributed by atoms with Gasteiger partial charge >= 0.3 is 0 Å². The third-order valence-electron chi connectivity index (χ3n) is 13.3. The Morgan fingerprint density at radius 3 is 1.19 bits per heavy atom. The molecule has 0 aliphatic carbocycles. The summed E-state index contributed by atoms with van der Waals surface area (Å²) in [6.45, 7) is 27.1. The number of hydrogen-bond acceptors (Lipinski definition) is 2. The Kier molecular flexibility index (Phi) is 9.49. The predicted molar refractivity (Wildman–Crippen MR) is 239 cm³/mol. The van der Waals surface area contributed by atoms with Gasteiger partial charge in [0.2, 0.25) is 24.7 Å². The summed E-state index contributed by atoms with van der Waals surface area (Å²) in [7, 11) is 0. The van der Waals surface area contributed by atoms with E-state index in [4.69, 9.17) is 0 Å². The van der Waals surface area contributed by atoms with Gasteiger partial charge in [-0.2, -0.15) is 0 Å². The van der Waals surface area contributed by atoms with Crippen LogP contribution >= 0.6 is 0 Å². The average molecular weight is 754 g/mol. The van der Waals surface area contributed by atoms with Crippen LogP contribution in [-0.2, 0) is 20.4 Å². The molecule has 0 bridgehead atoms. The van der Waals surface area contributed by atoms with Crippen LogP contribution in [0, 0.1) is 6.17 Å². The second-order valence-corrected chi connectivity index (χ2v) is 19.0. The molecule has 8 rings (SSSR count). The fourth-order valence-corrected chi connectivity index (χ4v) is 10.4. The quantitative estimate of drug-likeness (QED) is 0.123. The van der Waals surface area contributed by atoms with Crippen LogP contribution in [0.2, 0.25) is 0 Å². The number of fused-ring (bicyclic) bond motifs is 4. The molecule has 3 aliphatic rings. The van der Waals surface area contributed by atoms with Crippen LogP contribution in [0.25, 0.3) is 0 Å². The molecule has 4 nitrogen and oxygen atoms in total. The van der Waals surface area contributed by atoms with Crippen LogP contribution in [-0.4, -0.2) is 18.5 Å². The molecule has 0 spiro atoms. The number of carbonyl (C=O) groups excluding carboxylic acids is 2. The lowest BCUT2D eigenvalue weighted by molar-refractivity contribution is -0.128. The second kappa shape index (κ2) is 13.9. The van der Waals surface area contributed by atoms with Crippen LogP contribution < -0.4 is 26.2 Å². The van der Waals surface area contributed by atoms with Gasteiger partial charge < -0.3 is 0 Å². The Morgan fingerprint density at radius 1 is 0.491 bits per heavy atom. The van der Waals surface area contributed by atoms with Gasteiger partial charge in [0.1, 0.15) is 6.42 Å². The molecule has 5 aromatic carbocycles. The molecule has 1 fully saturated rings. The summed E-state index contributed by atoms with van der Waals surface area (Å²) in [5.74, 6) is 0.197. The summed E-state index contributed by atoms with van der Waals surface area (Å²) in [4.78, 5) is 34.1. The molecule has 0 saturated carbocycles. The SMILES string of the molecule is CC(C)c1cccc(C(C)C)c1N1[C](c2cc3c4c(c2)C(C)(C)c2ccccc2B4c2ccccc2C3(C)C)N(c2c(C(C)C)cccc2C(C)C)C(=O)CC1=O. The Hall–Kier alpha value is -4.90. The van der Waals surface area contributed by atoms with Crippen LogP contribution in [0.3, 0.4) is 0 Å². The maximum atomic E-state index is 15.1. The fourth-order valence-electron chi connectivity index (χ4n) is 10.4. The Morgan fingerprint density at radius 2 is 0.842 bits per heavy atom. The van der Waals surface area contributed by atoms with Gasteiger partial charge in [0, 0.05) is 16.4 Å². The number of rotatable bonds is 7. The summed E-state index contributed by atoms with van der Waals surface area (Å²) < 4.78 is 0. The lowest BCUT2D eigenvalue weighted by Gasteiger charge is -2.49. The number of anilines is 2. The topological polar surface area (TPSA) is 40.6 Å². The van der Waals surface area contributed by atoms with Crippen molar-refractivity contribution in [1.82, 2.24) is 0 Å². The Labute approximate surface area is 341 Å². The van der Waals surface area contributed by atoms with Gasteiger partial charge in [0.15, 0.2) is 0 Å². The van der Waals surface area contributed by atoms with Crippen molar-refractivity contribution in [2.75, 3.05) is 9.80 Å². The molecule has 3 heterocycles. The van der Waals surface area contributed by atoms with Crippen molar-refractivity contribution in [2.45, 2.75) is 124 Å². The number of para-hydroxylation sites is 2. The van der Waals surface area contributed by atoms with Crippen molar-refractivity contribution in [3.05, 3.63) is 153 Å². The molecule has 291 valence electrons. The van der Waals surface area contributed by atoms with Crippen LogP contribution in [0.4, 0.5) is 11.4 Å². The fraction of sp³-hybridized carbons (Fsp3) is 0.365. The van der Waals surface area contributed by atoms with Gasteiger partial charge in [-0.1, -0.05) is 197 Å². The average Bonchev–Trinajstić information content (AvgIpc) is 3.16. The zero-order valence-corrected chi connectivity index (χ0v) is 36.0. The van der Waals surface area contributed by atoms with Gasteiger partial charge in [-0.25, -0.2) is 0 Å². The van der Waals surface area contributed by atoms with E-state index >= 15 is 9.59 Å². The van der Waals surface area contributed by atoms with Gasteiger partial charge in [-0.15, -0.1) is 0 Å². The van der Waals surface area contributed by atoms with E-state index in [0.717, 1.165) is 39.2 Å². The van der Waals surface area contributed by atoms with E-state index in [1.54, 1.807) is 0 Å². The number of amides is 2. The van der Waals surface area contributed by atoms with Crippen molar-refractivity contribution in [2.24, 2.45) is 0 Å². The van der Waals surface area contributed by atoms with E-state index < -0.39 is 0 Å². The molecule has 5 aromatic rings. The molecule has 0 atom stereocenters. The number of hydrogen-bond donors (Lipinski definition) is 0. The Bertz CT molecular complexity index is 2220. The first-order chi connectivity index (χ1) is 27.0. The van der Waals surface area contributed by atoms with E-state index in [9.17, 15) is 0 Å². The van der Waals surface area contributed by atoms with Crippen molar-refractivity contribution < 1.29 is 9.59 Å². The summed E-state index contributed by atoms with van der Waals surface area (Å²) in [6, 6.07) is 35.6. The summed E-state index contributed by atoms with van der Waals surface area (Å²) in [5.41, 5.74) is 15.6. The maximum Gasteiger partial charge on any atom is 0.242 e. The lowest BCUT2D eigenvalue weighted by Crippen LogP contribution is -2.66. The zero-order valence-electron chi connectivity index (χ0n) is 36.0. The van der Waals surface area contributed by atoms with Gasteiger partial charge in [0.25, 0.3) is 0 Å². The zero-order chi connectivity index (χ0) is 40.9. The summed E-state index contributed by atoms with van der Waals surface area (Å²) in [5, 5.41) is 0. The highest BCUT2D eigenvalue weighted by atomic mass is 16.2. The summed E-state index contributed by atoms with van der Waals surface area (Å²) >= 11 is 0. The molecule has 1 saturated heterocycles. The highest BCUT2D eigenvalue weighted by Crippen LogP contribution is 2.49. The molecule has 5 heteroatoms. The van der Waals surface area contributed by atoms with Crippen molar-refractivity contribution in [3.63, 3.8) is 0 Å². The smallest absolute Gasteiger partial charge is 0.242 e. The normalized spacial score (nSPS) is 17.2. The molecule has 57 heavy (non-hydrogen) atoms. The van der Waals surface area contributed by atoms with Crippen LogP contribution in [0.1, 0.15) is 163 Å². The monoisotopic (exact) mass is 753 g/mol. The molecular weight excluding hydrogens is 695 g/mol. The van der Waals surface area contributed by atoms with Gasteiger partial charge in [0.05, 0.1) is 11.4 Å². The first-order valence-corrected chi connectivity index (χ1v) is 21.1. The standard InChI is InChI=1S/C52H58BN2O2/c1-30(2)35-19-17-20-36(31(3)4)48(35)54-45(56)29-46(57)55(49-37(32(5)6)21-18-22-38(49)33(7)8)50(54)34-27-41-47-42(28-34)52(11,12)40-24-14-16-26-44(40)53(47)43-25-15-13-23-39(43)51(41,9)10/h13-28,30-33H,29H2,1-12H3. The molecule has 0 aromatic heterocycles. The molecular formula is C52H58BN2O2. The third-order valence-corrected chi connectivity index (χ3v) is 13.3. The minimum atomic E-state index is -0.355. The van der Waals surface area contributed by atoms with Crippen LogP contribution in [0.15, 0.2) is 97.1 Å². The van der Waals surface area contributed by atoms with Crippen molar-refractivity contribution in [3.8, 4) is 0 Å². The molecule has 3 aliphatic heterocycles. The van der Waals surface area contributed by atoms with Crippen molar-refractivity contribution >= 4 is 46.3 Å². The minimum Gasteiger partial charge on any atom is -0.279 e. The number of nitrogens with zero attached hydrogens (tertiary/aromatic N) is 2. The lowest BCUT2D eigenvalue weighted by atomic mass is 9.27. The molecule has 2 amide bonds. The minimum absolute atomic E-state index is 0.0766. The molecule has 0 N–H and O–H groups in total. The first-order valence-electron chi connectivity index (χ1n) is 21.1. The summed E-state index contributed by atoms with van der Waals surface area (Å²) in [6.07, 6.45) is 0.427. The highest BCUT2D eigenvalue weighted by molar-refractivity contribution is 6.97. The van der Waals surface area contributed by atoms with Crippen molar-refractivity contribution in [1.29, 1.82) is 0 Å². The molecule has 1 radical (unpaired) electrons. The van der Waals surface area contributed by atoms with E-state index in [1.807, 2.05) is 9.80 Å². The Balaban J connectivity index is 1.53. The first kappa shape index (κ1) is 39.0. The predicted octanol–water partition coefficient (Wildman–Crippen LogP) is 10.3. The van der Waals surface area contributed by atoms with E-state index in [-0.39, 0.29) is 59.4 Å². The number of benzene rings is 5. The molecule has 0 unspecified atom stereocenters. The maximum absolute atomic E-state index is 15.1. The third kappa shape index (κ3) is 5.85. The van der Waals surface area contributed by atoms with E-state index in [1.165, 1.54) is 38.6 Å². The largest absolute Gasteiger partial charge is 0.279 e. The highest BCUT2D eigenvalue weighted by Gasteiger charge is 2.51. The van der Waals surface area contributed by atoms with Gasteiger partial charge in [-0.05, 0) is 68.2 Å². The van der Waals surface area contributed by atoms with Crippen LogP contribution in [0.5, 0.6) is 0 Å². The van der Waals surface area contributed by atoms with Gasteiger partial charge in [-0.3, -0.25) is 19.4 Å². The second-order valence-electron chi connectivity index (χ2n) is 19.0. The number of carbonyl (C=O) groups is 2.